The second kappa shape index (κ2) is 4.54. The van der Waals surface area contributed by atoms with Gasteiger partial charge in [0.05, 0.1) is 5.54 Å². The van der Waals surface area contributed by atoms with Crippen molar-refractivity contribution in [2.24, 2.45) is 0 Å². The molecule has 0 unspecified atom stereocenters. The summed E-state index contributed by atoms with van der Waals surface area (Å²) in [4.78, 5) is 34.7. The van der Waals surface area contributed by atoms with E-state index in [-0.39, 0.29) is 11.6 Å². The van der Waals surface area contributed by atoms with Crippen molar-refractivity contribution in [3.63, 3.8) is 0 Å². The van der Waals surface area contributed by atoms with Crippen molar-refractivity contribution >= 4 is 39.5 Å². The largest absolute Gasteiger partial charge is 0.481 e. The van der Waals surface area contributed by atoms with E-state index in [0.29, 0.717) is 16.9 Å². The molecular weight excluding hydrogens is 294 g/mol. The summed E-state index contributed by atoms with van der Waals surface area (Å²) in [7, 11) is 3.13. The molecule has 2 aliphatic rings. The first-order valence-electron chi connectivity index (χ1n) is 6.01. The van der Waals surface area contributed by atoms with Crippen LogP contribution in [0.1, 0.15) is 20.7 Å². The number of aliphatic carboxylic acids is 1. The summed E-state index contributed by atoms with van der Waals surface area (Å²) >= 11 is 1.17. The van der Waals surface area contributed by atoms with Gasteiger partial charge in [0.15, 0.2) is 4.87 Å². The molecule has 0 amide bonds. The van der Waals surface area contributed by atoms with E-state index in [0.717, 1.165) is 0 Å². The Morgan fingerprint density at radius 3 is 2.40 bits per heavy atom. The maximum absolute atomic E-state index is 12.5. The predicted molar refractivity (Wildman–Crippen MR) is 74.4 cm³/mol. The lowest BCUT2D eigenvalue weighted by atomic mass is 10.1. The predicted octanol–water partition coefficient (Wildman–Crippen LogP) is 0.508. The van der Waals surface area contributed by atoms with Crippen LogP contribution in [0.15, 0.2) is 24.3 Å². The van der Waals surface area contributed by atoms with Gasteiger partial charge in [0, 0.05) is 33.2 Å². The second-order valence-electron chi connectivity index (χ2n) is 4.76. The van der Waals surface area contributed by atoms with Crippen LogP contribution in [0, 0.1) is 0 Å². The van der Waals surface area contributed by atoms with Gasteiger partial charge in [0.1, 0.15) is 0 Å². The van der Waals surface area contributed by atoms with Crippen LogP contribution in [-0.2, 0) is 4.79 Å². The third-order valence-electron chi connectivity index (χ3n) is 3.59. The normalized spacial score (nSPS) is 24.9. The summed E-state index contributed by atoms with van der Waals surface area (Å²) in [6.45, 7) is 0. The molecule has 2 N–H and O–H groups in total. The number of carboxylic acids is 1. The van der Waals surface area contributed by atoms with E-state index in [2.05, 4.69) is 15.6 Å². The standard InChI is InChI=1S/C13H10NO4SSi/c15-10-6-3-1-2-4-7(6)11(16)13(10)14-8(5-19-13)9(20)12(17)18/h1-4,8-9,14H,5H2,(H,17,18)/t8-,9+/m1/s1. The fourth-order valence-corrected chi connectivity index (χ4v) is 4.33. The highest BCUT2D eigenvalue weighted by molar-refractivity contribution is 8.02. The van der Waals surface area contributed by atoms with E-state index >= 15 is 0 Å². The van der Waals surface area contributed by atoms with Crippen molar-refractivity contribution < 1.29 is 19.5 Å². The maximum Gasteiger partial charge on any atom is 0.304 e. The molecule has 0 bridgehead atoms. The van der Waals surface area contributed by atoms with Crippen molar-refractivity contribution in [3.05, 3.63) is 35.4 Å². The number of rotatable bonds is 2. The number of ketones is 2. The van der Waals surface area contributed by atoms with Gasteiger partial charge in [0.2, 0.25) is 11.6 Å². The van der Waals surface area contributed by atoms with Crippen LogP contribution in [0.3, 0.4) is 0 Å². The lowest BCUT2D eigenvalue weighted by molar-refractivity contribution is -0.137. The summed E-state index contributed by atoms with van der Waals surface area (Å²) in [6.07, 6.45) is 0. The van der Waals surface area contributed by atoms with Crippen molar-refractivity contribution in [3.8, 4) is 0 Å². The average molecular weight is 304 g/mol. The summed E-state index contributed by atoms with van der Waals surface area (Å²) in [5, 5.41) is 11.9. The van der Waals surface area contributed by atoms with Gasteiger partial charge in [-0.05, 0) is 0 Å². The Kier molecular flexibility index (Phi) is 3.07. The molecule has 1 spiro atoms. The Morgan fingerprint density at radius 1 is 1.35 bits per heavy atom. The number of thioether (sulfide) groups is 1. The van der Waals surface area contributed by atoms with E-state index in [1.54, 1.807) is 24.3 Å². The van der Waals surface area contributed by atoms with E-state index in [9.17, 15) is 14.4 Å². The minimum absolute atomic E-state index is 0.283. The summed E-state index contributed by atoms with van der Waals surface area (Å²) in [5.41, 5.74) is -0.0378. The molecule has 1 aliphatic carbocycles. The lowest BCUT2D eigenvalue weighted by Crippen LogP contribution is -2.52. The fraction of sp³-hybridized carbons (Fsp3) is 0.308. The van der Waals surface area contributed by atoms with Crippen LogP contribution >= 0.6 is 11.8 Å². The topological polar surface area (TPSA) is 83.5 Å². The highest BCUT2D eigenvalue weighted by atomic mass is 32.2. The SMILES string of the molecule is O=C(O)[C@@H]([Si])[C@H]1CSC2(N1)C(=O)c1ccccc1C2=O. The number of Topliss-reactive ketones (excluding diaryl/α,β-unsaturated/α-hetero) is 2. The van der Waals surface area contributed by atoms with Crippen LogP contribution in [-0.4, -0.2) is 49.6 Å². The molecule has 3 radical (unpaired) electrons. The third kappa shape index (κ3) is 1.70. The molecule has 1 fully saturated rings. The molecule has 2 atom stereocenters. The number of benzene rings is 1. The summed E-state index contributed by atoms with van der Waals surface area (Å²) in [6, 6.07) is 6.20. The first-order valence-corrected chi connectivity index (χ1v) is 7.58. The Hall–Kier alpha value is -1.44. The molecule has 1 saturated heterocycles. The van der Waals surface area contributed by atoms with Gasteiger partial charge in [-0.25, -0.2) is 0 Å². The van der Waals surface area contributed by atoms with Crippen LogP contribution in [0.25, 0.3) is 0 Å². The highest BCUT2D eigenvalue weighted by Gasteiger charge is 2.58. The molecule has 1 aromatic rings. The summed E-state index contributed by atoms with van der Waals surface area (Å²) < 4.78 is 0. The molecule has 5 nitrogen and oxygen atoms in total. The number of carbonyl (C=O) groups is 3. The molecule has 20 heavy (non-hydrogen) atoms. The van der Waals surface area contributed by atoms with Crippen molar-refractivity contribution in [2.45, 2.75) is 16.5 Å². The van der Waals surface area contributed by atoms with Crippen molar-refractivity contribution in [2.75, 3.05) is 5.75 Å². The first kappa shape index (κ1) is 13.5. The zero-order valence-electron chi connectivity index (χ0n) is 10.3. The van der Waals surface area contributed by atoms with Crippen LogP contribution in [0.5, 0.6) is 0 Å². The minimum Gasteiger partial charge on any atom is -0.481 e. The van der Waals surface area contributed by atoms with E-state index in [1.807, 2.05) is 0 Å². The van der Waals surface area contributed by atoms with Gasteiger partial charge in [-0.3, -0.25) is 19.7 Å². The van der Waals surface area contributed by atoms with Crippen LogP contribution < -0.4 is 5.32 Å². The van der Waals surface area contributed by atoms with Gasteiger partial charge in [0.25, 0.3) is 0 Å². The number of fused-ring (bicyclic) bond motifs is 1. The molecule has 1 aromatic carbocycles. The van der Waals surface area contributed by atoms with Gasteiger partial charge in [-0.1, -0.05) is 24.3 Å². The third-order valence-corrected chi connectivity index (χ3v) is 5.69. The Morgan fingerprint density at radius 2 is 1.90 bits per heavy atom. The molecule has 101 valence electrons. The zero-order chi connectivity index (χ0) is 14.5. The molecule has 1 aliphatic heterocycles. The van der Waals surface area contributed by atoms with Crippen molar-refractivity contribution in [1.82, 2.24) is 5.32 Å². The van der Waals surface area contributed by atoms with Crippen LogP contribution in [0.4, 0.5) is 0 Å². The lowest BCUT2D eigenvalue weighted by Gasteiger charge is -2.22. The zero-order valence-corrected chi connectivity index (χ0v) is 12.1. The molecular formula is C13H10NO4SSi. The number of hydrogen-bond acceptors (Lipinski definition) is 5. The molecule has 0 aromatic heterocycles. The van der Waals surface area contributed by atoms with Gasteiger partial charge >= 0.3 is 5.97 Å². The fourth-order valence-electron chi connectivity index (χ4n) is 2.53. The quantitative estimate of drug-likeness (QED) is 0.612. The molecule has 1 heterocycles. The Labute approximate surface area is 122 Å². The molecule has 3 rings (SSSR count). The van der Waals surface area contributed by atoms with E-state index < -0.39 is 22.4 Å². The minimum atomic E-state index is -1.35. The number of carbonyl (C=O) groups excluding carboxylic acids is 2. The number of nitrogens with one attached hydrogen (secondary N) is 1. The van der Waals surface area contributed by atoms with Crippen molar-refractivity contribution in [1.29, 1.82) is 0 Å². The van der Waals surface area contributed by atoms with E-state index in [4.69, 9.17) is 5.11 Å². The second-order valence-corrected chi connectivity index (χ2v) is 6.62. The van der Waals surface area contributed by atoms with Gasteiger partial charge in [-0.15, -0.1) is 11.8 Å². The average Bonchev–Trinajstić information content (AvgIpc) is 2.98. The molecule has 7 heteroatoms. The monoisotopic (exact) mass is 304 g/mol. The maximum atomic E-state index is 12.5. The van der Waals surface area contributed by atoms with Crippen LogP contribution in [0.2, 0.25) is 5.54 Å². The molecule has 0 saturated carbocycles. The summed E-state index contributed by atoms with van der Waals surface area (Å²) in [5.74, 6) is -1.21. The number of carboxylic acid groups (broad SMARTS) is 1. The Balaban J connectivity index is 1.95. The number of hydrogen-bond donors (Lipinski definition) is 2. The first-order chi connectivity index (χ1) is 9.47. The highest BCUT2D eigenvalue weighted by Crippen LogP contribution is 2.43. The van der Waals surface area contributed by atoms with Gasteiger partial charge < -0.3 is 5.11 Å². The smallest absolute Gasteiger partial charge is 0.304 e. The van der Waals surface area contributed by atoms with E-state index in [1.165, 1.54) is 11.8 Å². The van der Waals surface area contributed by atoms with Gasteiger partial charge in [-0.2, -0.15) is 0 Å². The Bertz CT molecular complexity index is 598.